The second kappa shape index (κ2) is 7.08. The van der Waals surface area contributed by atoms with Gasteiger partial charge in [-0.25, -0.2) is 0 Å². The zero-order chi connectivity index (χ0) is 18.9. The molecule has 1 aliphatic rings. The molecular weight excluding hydrogens is 342 g/mol. The fourth-order valence-corrected chi connectivity index (χ4v) is 9.76. The van der Waals surface area contributed by atoms with Crippen molar-refractivity contribution in [3.05, 3.63) is 90.3 Å². The van der Waals surface area contributed by atoms with Crippen LogP contribution in [0.3, 0.4) is 0 Å². The summed E-state index contributed by atoms with van der Waals surface area (Å²) >= 11 is 0. The molecule has 2 heteroatoms. The monoisotopic (exact) mass is 371 g/mol. The second-order valence-electron chi connectivity index (χ2n) is 8.93. The van der Waals surface area contributed by atoms with Crippen LogP contribution >= 0.6 is 0 Å². The topological polar surface area (TPSA) is 12.9 Å². The molecule has 0 radical (unpaired) electrons. The van der Waals surface area contributed by atoms with E-state index >= 15 is 0 Å². The van der Waals surface area contributed by atoms with Crippen LogP contribution in [-0.2, 0) is 6.04 Å². The lowest BCUT2D eigenvalue weighted by Gasteiger charge is -2.44. The number of rotatable bonds is 5. The Morgan fingerprint density at radius 2 is 1.37 bits per heavy atom. The summed E-state index contributed by atoms with van der Waals surface area (Å²) in [6.07, 6.45) is 4.76. The highest BCUT2D eigenvalue weighted by atomic mass is 28.3. The van der Waals surface area contributed by atoms with Crippen LogP contribution in [0.15, 0.2) is 79.0 Å². The minimum Gasteiger partial charge on any atom is -0.261 e. The first-order chi connectivity index (χ1) is 13.0. The molecule has 0 unspecified atom stereocenters. The van der Waals surface area contributed by atoms with Gasteiger partial charge in [0.05, 0.1) is 0 Å². The highest BCUT2D eigenvalue weighted by Gasteiger charge is 2.47. The van der Waals surface area contributed by atoms with Crippen molar-refractivity contribution in [2.75, 3.05) is 0 Å². The van der Waals surface area contributed by atoms with Gasteiger partial charge in [0.2, 0.25) is 0 Å². The Hall–Kier alpha value is -2.19. The van der Waals surface area contributed by atoms with Gasteiger partial charge in [0, 0.05) is 17.8 Å². The van der Waals surface area contributed by atoms with Gasteiger partial charge in [0.1, 0.15) is 8.07 Å². The molecule has 0 atom stereocenters. The van der Waals surface area contributed by atoms with Crippen LogP contribution in [0.1, 0.15) is 50.8 Å². The Kier molecular flexibility index (Phi) is 4.77. The van der Waals surface area contributed by atoms with Crippen molar-refractivity contribution in [2.24, 2.45) is 0 Å². The first-order valence-electron chi connectivity index (χ1n) is 10.1. The van der Waals surface area contributed by atoms with Gasteiger partial charge in [-0.3, -0.25) is 4.98 Å². The van der Waals surface area contributed by atoms with Gasteiger partial charge < -0.3 is 0 Å². The molecule has 0 aliphatic heterocycles. The molecule has 0 N–H and O–H groups in total. The summed E-state index contributed by atoms with van der Waals surface area (Å²) in [7, 11) is -2.06. The lowest BCUT2D eigenvalue weighted by molar-refractivity contribution is 0.725. The largest absolute Gasteiger partial charge is 0.261 e. The minimum absolute atomic E-state index is 0.185. The number of benzene rings is 2. The molecule has 1 aromatic heterocycles. The van der Waals surface area contributed by atoms with Crippen molar-refractivity contribution in [2.45, 2.75) is 50.6 Å². The Morgan fingerprint density at radius 3 is 1.78 bits per heavy atom. The summed E-state index contributed by atoms with van der Waals surface area (Å²) < 4.78 is 0. The fourth-order valence-electron chi connectivity index (χ4n) is 4.41. The average molecular weight is 372 g/mol. The molecule has 1 nitrogen and oxygen atoms in total. The van der Waals surface area contributed by atoms with Gasteiger partial charge in [0.15, 0.2) is 0 Å². The lowest BCUT2D eigenvalue weighted by Crippen LogP contribution is -2.66. The molecule has 0 spiro atoms. The zero-order valence-corrected chi connectivity index (χ0v) is 17.7. The number of nitrogens with zero attached hydrogens (tertiary/aromatic N) is 1. The average Bonchev–Trinajstić information content (AvgIpc) is 3.52. The maximum Gasteiger partial charge on any atom is 0.127 e. The van der Waals surface area contributed by atoms with E-state index < -0.39 is 8.07 Å². The Morgan fingerprint density at radius 1 is 0.815 bits per heavy atom. The smallest absolute Gasteiger partial charge is 0.127 e. The third-order valence-electron chi connectivity index (χ3n) is 6.13. The lowest BCUT2D eigenvalue weighted by atomic mass is 10.2. The van der Waals surface area contributed by atoms with Gasteiger partial charge >= 0.3 is 0 Å². The van der Waals surface area contributed by atoms with E-state index in [0.717, 1.165) is 6.04 Å². The van der Waals surface area contributed by atoms with Crippen LogP contribution in [0, 0.1) is 0 Å². The predicted octanol–water partition coefficient (Wildman–Crippen LogP) is 5.10. The molecule has 3 aromatic rings. The normalized spacial score (nSPS) is 14.9. The van der Waals surface area contributed by atoms with Crippen LogP contribution in [-0.4, -0.2) is 13.1 Å². The van der Waals surface area contributed by atoms with Crippen LogP contribution in [0.25, 0.3) is 0 Å². The SMILES string of the molecule is CC(C)(C)[Si](Cc1ccc(C2CC2)nc1)(c1ccccc1)c1ccccc1. The zero-order valence-electron chi connectivity index (χ0n) is 16.7. The molecule has 1 aliphatic carbocycles. The fraction of sp³-hybridized carbons (Fsp3) is 0.320. The first-order valence-corrected chi connectivity index (χ1v) is 12.3. The quantitative estimate of drug-likeness (QED) is 0.568. The predicted molar refractivity (Wildman–Crippen MR) is 118 cm³/mol. The van der Waals surface area contributed by atoms with Crippen molar-refractivity contribution in [3.63, 3.8) is 0 Å². The molecular formula is C25H29NSi. The second-order valence-corrected chi connectivity index (χ2v) is 13.7. The first kappa shape index (κ1) is 18.2. The van der Waals surface area contributed by atoms with E-state index in [0.29, 0.717) is 5.92 Å². The van der Waals surface area contributed by atoms with Crippen molar-refractivity contribution in [1.29, 1.82) is 0 Å². The molecule has 2 aromatic carbocycles. The van der Waals surface area contributed by atoms with Crippen LogP contribution in [0.2, 0.25) is 5.04 Å². The van der Waals surface area contributed by atoms with Crippen LogP contribution in [0.5, 0.6) is 0 Å². The number of aromatic nitrogens is 1. The third-order valence-corrected chi connectivity index (χ3v) is 12.3. The van der Waals surface area contributed by atoms with E-state index in [1.165, 1.54) is 34.5 Å². The summed E-state index contributed by atoms with van der Waals surface area (Å²) in [5, 5.41) is 3.20. The number of hydrogen-bond acceptors (Lipinski definition) is 1. The summed E-state index contributed by atoms with van der Waals surface area (Å²) in [4.78, 5) is 4.82. The maximum atomic E-state index is 4.82. The molecule has 0 saturated heterocycles. The van der Waals surface area contributed by atoms with Crippen molar-refractivity contribution < 1.29 is 0 Å². The van der Waals surface area contributed by atoms with E-state index in [1.54, 1.807) is 0 Å². The third kappa shape index (κ3) is 3.51. The van der Waals surface area contributed by atoms with Gasteiger partial charge in [-0.05, 0) is 35.6 Å². The van der Waals surface area contributed by atoms with Crippen molar-refractivity contribution >= 4 is 18.4 Å². The molecule has 1 saturated carbocycles. The Balaban J connectivity index is 1.84. The maximum absolute atomic E-state index is 4.82. The summed E-state index contributed by atoms with van der Waals surface area (Å²) in [5.74, 6) is 0.715. The molecule has 4 rings (SSSR count). The van der Waals surface area contributed by atoms with E-state index in [2.05, 4.69) is 99.8 Å². The van der Waals surface area contributed by atoms with Crippen LogP contribution < -0.4 is 10.4 Å². The highest BCUT2D eigenvalue weighted by molar-refractivity contribution is 7.03. The molecule has 27 heavy (non-hydrogen) atoms. The molecule has 1 fully saturated rings. The standard InChI is InChI=1S/C25H29NSi/c1-25(2,3)27(22-10-6-4-7-11-22,23-12-8-5-9-13-23)19-20-14-17-24(26-18-20)21-15-16-21/h4-14,17-18,21H,15-16,19H2,1-3H3. The molecule has 0 amide bonds. The van der Waals surface area contributed by atoms with Gasteiger partial charge in [-0.2, -0.15) is 0 Å². The van der Waals surface area contributed by atoms with Crippen molar-refractivity contribution in [1.82, 2.24) is 4.98 Å². The van der Waals surface area contributed by atoms with E-state index in [4.69, 9.17) is 4.98 Å². The van der Waals surface area contributed by atoms with Crippen molar-refractivity contribution in [3.8, 4) is 0 Å². The summed E-state index contributed by atoms with van der Waals surface area (Å²) in [6.45, 7) is 7.27. The molecule has 0 bridgehead atoms. The molecule has 1 heterocycles. The van der Waals surface area contributed by atoms with Gasteiger partial charge in [0.25, 0.3) is 0 Å². The van der Waals surface area contributed by atoms with E-state index in [9.17, 15) is 0 Å². The molecule has 138 valence electrons. The van der Waals surface area contributed by atoms with E-state index in [-0.39, 0.29) is 5.04 Å². The van der Waals surface area contributed by atoms with E-state index in [1.807, 2.05) is 0 Å². The minimum atomic E-state index is -2.06. The highest BCUT2D eigenvalue weighted by Crippen LogP contribution is 2.40. The summed E-state index contributed by atoms with van der Waals surface area (Å²) in [6, 6.07) is 28.1. The Labute approximate surface area is 164 Å². The Bertz CT molecular complexity index is 836. The van der Waals surface area contributed by atoms with Gasteiger partial charge in [-0.15, -0.1) is 0 Å². The van der Waals surface area contributed by atoms with Crippen LogP contribution in [0.4, 0.5) is 0 Å². The number of hydrogen-bond donors (Lipinski definition) is 0. The van der Waals surface area contributed by atoms with Gasteiger partial charge in [-0.1, -0.05) is 97.9 Å². The number of pyridine rings is 1. The summed E-state index contributed by atoms with van der Waals surface area (Å²) in [5.41, 5.74) is 2.65.